The monoisotopic (exact) mass is 470 g/mol. The summed E-state index contributed by atoms with van der Waals surface area (Å²) < 4.78 is 21.7. The van der Waals surface area contributed by atoms with Crippen LogP contribution in [0.25, 0.3) is 0 Å². The zero-order valence-corrected chi connectivity index (χ0v) is 21.4. The van der Waals surface area contributed by atoms with Crippen molar-refractivity contribution in [1.82, 2.24) is 0 Å². The average Bonchev–Trinajstić information content (AvgIpc) is 2.71. The molecule has 2 aliphatic rings. The maximum Gasteiger partial charge on any atom is 0.705 e. The molecular weight excluding hydrogens is 428 g/mol. The third-order valence-corrected chi connectivity index (χ3v) is 9.61. The van der Waals surface area contributed by atoms with Gasteiger partial charge in [0.2, 0.25) is 0 Å². The smallest absolute Gasteiger partial charge is 0.455 e. The third-order valence-electron chi connectivity index (χ3n) is 6.85. The Balaban J connectivity index is 1.73. The molecule has 2 saturated carbocycles. The maximum absolute atomic E-state index is 11.5. The number of hydrogen-bond donors (Lipinski definition) is 0. The van der Waals surface area contributed by atoms with E-state index in [0.29, 0.717) is 13.0 Å². The number of hydrogen-bond acceptors (Lipinski definition) is 7. The molecular formula is C24H42O7Si. The van der Waals surface area contributed by atoms with E-state index < -0.39 is 26.7 Å². The lowest BCUT2D eigenvalue weighted by Gasteiger charge is -2.37. The Morgan fingerprint density at radius 2 is 1.22 bits per heavy atom. The molecule has 0 bridgehead atoms. The molecule has 0 radical (unpaired) electrons. The molecule has 2 rings (SSSR count). The minimum atomic E-state index is -3.75. The molecule has 2 aliphatic carbocycles. The van der Waals surface area contributed by atoms with Crippen LogP contribution in [0, 0.1) is 17.8 Å². The van der Waals surface area contributed by atoms with Gasteiger partial charge >= 0.3 is 8.80 Å². The molecule has 0 aromatic carbocycles. The predicted octanol–water partition coefficient (Wildman–Crippen LogP) is 5.19. The van der Waals surface area contributed by atoms with Crippen LogP contribution in [0.15, 0.2) is 0 Å². The zero-order chi connectivity index (χ0) is 23.6. The van der Waals surface area contributed by atoms with Crippen LogP contribution in [0.1, 0.15) is 98.3 Å². The van der Waals surface area contributed by atoms with Gasteiger partial charge in [-0.05, 0) is 62.7 Å². The van der Waals surface area contributed by atoms with Crippen molar-refractivity contribution < 1.29 is 32.4 Å². The molecule has 0 N–H and O–H groups in total. The molecule has 184 valence electrons. The molecule has 0 spiro atoms. The van der Waals surface area contributed by atoms with E-state index in [1.165, 1.54) is 72.1 Å². The molecule has 8 heteroatoms. The van der Waals surface area contributed by atoms with Crippen LogP contribution in [0.5, 0.6) is 0 Å². The minimum absolute atomic E-state index is 0.169. The molecule has 0 saturated heterocycles. The first-order valence-electron chi connectivity index (χ1n) is 12.4. The Bertz CT molecular complexity index is 567. The molecule has 0 aliphatic heterocycles. The number of carbonyl (C=O) groups excluding carboxylic acids is 3. The van der Waals surface area contributed by atoms with E-state index >= 15 is 0 Å². The van der Waals surface area contributed by atoms with Crippen LogP contribution < -0.4 is 0 Å². The van der Waals surface area contributed by atoms with Gasteiger partial charge in [-0.3, -0.25) is 14.4 Å². The molecule has 0 unspecified atom stereocenters. The first-order valence-corrected chi connectivity index (χ1v) is 14.4. The fourth-order valence-corrected chi connectivity index (χ4v) is 7.82. The lowest BCUT2D eigenvalue weighted by molar-refractivity contribution is -0.147. The van der Waals surface area contributed by atoms with Crippen molar-refractivity contribution in [2.75, 3.05) is 6.61 Å². The summed E-state index contributed by atoms with van der Waals surface area (Å²) in [5.41, 5.74) is 0. The van der Waals surface area contributed by atoms with E-state index in [1.807, 2.05) is 0 Å². The van der Waals surface area contributed by atoms with Crippen molar-refractivity contribution in [3.8, 4) is 0 Å². The van der Waals surface area contributed by atoms with Crippen LogP contribution >= 0.6 is 0 Å². The lowest BCUT2D eigenvalue weighted by atomic mass is 9.70. The minimum Gasteiger partial charge on any atom is -0.455 e. The highest BCUT2D eigenvalue weighted by Gasteiger charge is 2.51. The second-order valence-electron chi connectivity index (χ2n) is 9.54. The summed E-state index contributed by atoms with van der Waals surface area (Å²) in [6, 6.07) is 0.169. The molecule has 0 aromatic rings. The van der Waals surface area contributed by atoms with Crippen LogP contribution in [-0.2, 0) is 32.4 Å². The SMILES string of the molecule is CCCC1CCC(C2CCC(OCCC[Si](OC(C)=O)(OC(C)=O)OC(C)=O)CC2)CC1. The summed E-state index contributed by atoms with van der Waals surface area (Å²) in [6.07, 6.45) is 13.7. The summed E-state index contributed by atoms with van der Waals surface area (Å²) in [6.45, 7) is 6.37. The van der Waals surface area contributed by atoms with Crippen LogP contribution in [0.2, 0.25) is 6.04 Å². The Kier molecular flexibility index (Phi) is 11.2. The van der Waals surface area contributed by atoms with Gasteiger partial charge in [0.1, 0.15) is 0 Å². The van der Waals surface area contributed by atoms with Gasteiger partial charge in [0.05, 0.1) is 12.1 Å². The summed E-state index contributed by atoms with van der Waals surface area (Å²) >= 11 is 0. The summed E-state index contributed by atoms with van der Waals surface area (Å²) in [5, 5.41) is 0. The lowest BCUT2D eigenvalue weighted by Crippen LogP contribution is -2.49. The summed E-state index contributed by atoms with van der Waals surface area (Å²) in [5.74, 6) is 0.783. The largest absolute Gasteiger partial charge is 0.705 e. The van der Waals surface area contributed by atoms with Gasteiger partial charge in [-0.15, -0.1) is 0 Å². The Morgan fingerprint density at radius 3 is 1.66 bits per heavy atom. The van der Waals surface area contributed by atoms with Crippen LogP contribution in [0.3, 0.4) is 0 Å². The maximum atomic E-state index is 11.5. The van der Waals surface area contributed by atoms with Crippen molar-refractivity contribution in [1.29, 1.82) is 0 Å². The summed E-state index contributed by atoms with van der Waals surface area (Å²) in [4.78, 5) is 34.5. The van der Waals surface area contributed by atoms with E-state index in [1.54, 1.807) is 0 Å². The Morgan fingerprint density at radius 1 is 0.750 bits per heavy atom. The van der Waals surface area contributed by atoms with Crippen LogP contribution in [0.4, 0.5) is 0 Å². The third kappa shape index (κ3) is 9.22. The van der Waals surface area contributed by atoms with Crippen molar-refractivity contribution in [3.05, 3.63) is 0 Å². The van der Waals surface area contributed by atoms with Gasteiger partial charge in [0.25, 0.3) is 17.9 Å². The molecule has 7 nitrogen and oxygen atoms in total. The Labute approximate surface area is 194 Å². The number of rotatable bonds is 11. The quantitative estimate of drug-likeness (QED) is 0.303. The van der Waals surface area contributed by atoms with E-state index in [-0.39, 0.29) is 12.1 Å². The van der Waals surface area contributed by atoms with Gasteiger partial charge in [-0.2, -0.15) is 0 Å². The first-order chi connectivity index (χ1) is 15.2. The first kappa shape index (κ1) is 26.8. The van der Waals surface area contributed by atoms with Gasteiger partial charge in [0, 0.05) is 27.4 Å². The number of ether oxygens (including phenoxy) is 1. The van der Waals surface area contributed by atoms with Crippen molar-refractivity contribution in [2.45, 2.75) is 110 Å². The Hall–Kier alpha value is -1.41. The second-order valence-corrected chi connectivity index (χ2v) is 12.0. The average molecular weight is 471 g/mol. The number of carbonyl (C=O) groups is 3. The van der Waals surface area contributed by atoms with Gasteiger partial charge in [-0.25, -0.2) is 0 Å². The fraction of sp³-hybridized carbons (Fsp3) is 0.875. The summed E-state index contributed by atoms with van der Waals surface area (Å²) in [7, 11) is -3.75. The topological polar surface area (TPSA) is 88.1 Å². The van der Waals surface area contributed by atoms with Crippen molar-refractivity contribution in [3.63, 3.8) is 0 Å². The van der Waals surface area contributed by atoms with Crippen LogP contribution in [-0.4, -0.2) is 39.4 Å². The zero-order valence-electron chi connectivity index (χ0n) is 20.4. The van der Waals surface area contributed by atoms with E-state index in [0.717, 1.165) is 30.6 Å². The predicted molar refractivity (Wildman–Crippen MR) is 123 cm³/mol. The highest BCUT2D eigenvalue weighted by Crippen LogP contribution is 2.41. The normalized spacial score (nSPS) is 26.2. The fourth-order valence-electron chi connectivity index (χ4n) is 5.49. The molecule has 0 aromatic heterocycles. The van der Waals surface area contributed by atoms with Gasteiger partial charge in [0.15, 0.2) is 0 Å². The van der Waals surface area contributed by atoms with E-state index in [9.17, 15) is 14.4 Å². The molecule has 0 amide bonds. The second kappa shape index (κ2) is 13.3. The highest BCUT2D eigenvalue weighted by molar-refractivity contribution is 6.65. The van der Waals surface area contributed by atoms with E-state index in [4.69, 9.17) is 18.0 Å². The molecule has 0 heterocycles. The van der Waals surface area contributed by atoms with Crippen molar-refractivity contribution in [2.24, 2.45) is 17.8 Å². The van der Waals surface area contributed by atoms with Crippen molar-refractivity contribution >= 4 is 26.7 Å². The van der Waals surface area contributed by atoms with E-state index in [2.05, 4.69) is 6.92 Å². The highest BCUT2D eigenvalue weighted by atomic mass is 28.4. The standard InChI is InChI=1S/C24H42O7Si/c1-5-7-21-8-10-22(11-9-21)23-12-14-24(15-13-23)28-16-6-17-32(29-18(2)25,30-19(3)26)31-20(4)27/h21-24H,5-17H2,1-4H3. The molecule has 2 fully saturated rings. The molecule has 32 heavy (non-hydrogen) atoms. The van der Waals surface area contributed by atoms with Gasteiger partial charge < -0.3 is 18.0 Å². The van der Waals surface area contributed by atoms with Gasteiger partial charge in [-0.1, -0.05) is 32.6 Å². The molecule has 0 atom stereocenters.